The Morgan fingerprint density at radius 2 is 1.84 bits per heavy atom. The molecule has 0 spiro atoms. The molecule has 0 saturated heterocycles. The lowest BCUT2D eigenvalue weighted by Crippen LogP contribution is -2.37. The highest BCUT2D eigenvalue weighted by Gasteiger charge is 2.25. The van der Waals surface area contributed by atoms with Gasteiger partial charge in [0.2, 0.25) is 10.0 Å². The second-order valence-electron chi connectivity index (χ2n) is 5.60. The molecule has 0 aromatic heterocycles. The van der Waals surface area contributed by atoms with Crippen LogP contribution >= 0.6 is 0 Å². The lowest BCUT2D eigenvalue weighted by molar-refractivity contribution is 0.332. The molecule has 1 aromatic carbocycles. The molecule has 0 aliphatic heterocycles. The highest BCUT2D eigenvalue weighted by Crippen LogP contribution is 2.25. The Morgan fingerprint density at radius 1 is 1.21 bits per heavy atom. The van der Waals surface area contributed by atoms with Gasteiger partial charge in [0.1, 0.15) is 0 Å². The first-order valence-electron chi connectivity index (χ1n) is 6.77. The minimum absolute atomic E-state index is 0.0677. The standard InChI is InChI=1S/C14H22N2O2S/c1-10-3-6-13(7-4-10)16-19(17,18)14-8-5-12(15)9-11(14)2/h5,8-10,13,16H,3-4,6-7,15H2,1-2H3. The monoisotopic (exact) mass is 282 g/mol. The van der Waals surface area contributed by atoms with E-state index in [1.54, 1.807) is 25.1 Å². The van der Waals surface area contributed by atoms with Crippen molar-refractivity contribution >= 4 is 15.7 Å². The Kier molecular flexibility index (Phi) is 4.16. The molecule has 0 radical (unpaired) electrons. The molecule has 1 aromatic rings. The number of nitrogen functional groups attached to an aromatic ring is 1. The Balaban J connectivity index is 2.14. The van der Waals surface area contributed by atoms with Gasteiger partial charge in [0.25, 0.3) is 0 Å². The van der Waals surface area contributed by atoms with Crippen LogP contribution in [0.25, 0.3) is 0 Å². The third-order valence-electron chi connectivity index (χ3n) is 3.83. The van der Waals surface area contributed by atoms with Crippen LogP contribution in [0.3, 0.4) is 0 Å². The van der Waals surface area contributed by atoms with Crippen LogP contribution in [0.5, 0.6) is 0 Å². The molecule has 1 saturated carbocycles. The van der Waals surface area contributed by atoms with Crippen molar-refractivity contribution in [2.75, 3.05) is 5.73 Å². The second-order valence-corrected chi connectivity index (χ2v) is 7.29. The van der Waals surface area contributed by atoms with Crippen LogP contribution in [0.2, 0.25) is 0 Å². The van der Waals surface area contributed by atoms with E-state index in [0.29, 0.717) is 22.1 Å². The molecule has 1 fully saturated rings. The minimum Gasteiger partial charge on any atom is -0.399 e. The van der Waals surface area contributed by atoms with Crippen LogP contribution < -0.4 is 10.5 Å². The summed E-state index contributed by atoms with van der Waals surface area (Å²) in [6.45, 7) is 3.99. The first-order valence-corrected chi connectivity index (χ1v) is 8.25. The molecule has 4 nitrogen and oxygen atoms in total. The molecule has 5 heteroatoms. The summed E-state index contributed by atoms with van der Waals surface area (Å²) in [6, 6.07) is 4.97. The van der Waals surface area contributed by atoms with E-state index < -0.39 is 10.0 Å². The van der Waals surface area contributed by atoms with E-state index in [4.69, 9.17) is 5.73 Å². The van der Waals surface area contributed by atoms with Crippen molar-refractivity contribution in [1.29, 1.82) is 0 Å². The largest absolute Gasteiger partial charge is 0.399 e. The number of benzene rings is 1. The molecule has 1 aliphatic rings. The fourth-order valence-electron chi connectivity index (χ4n) is 2.63. The molecule has 2 rings (SSSR count). The van der Waals surface area contributed by atoms with E-state index in [2.05, 4.69) is 11.6 Å². The Bertz CT molecular complexity index is 547. The molecule has 0 bridgehead atoms. The van der Waals surface area contributed by atoms with Crippen LogP contribution in [0, 0.1) is 12.8 Å². The SMILES string of the molecule is Cc1cc(N)ccc1S(=O)(=O)NC1CCC(C)CC1. The molecule has 3 N–H and O–H groups in total. The zero-order valence-corrected chi connectivity index (χ0v) is 12.3. The van der Waals surface area contributed by atoms with Crippen molar-refractivity contribution in [3.05, 3.63) is 23.8 Å². The molecule has 0 unspecified atom stereocenters. The van der Waals surface area contributed by atoms with Crippen LogP contribution in [-0.4, -0.2) is 14.5 Å². The Labute approximate surface area is 115 Å². The maximum absolute atomic E-state index is 12.4. The van der Waals surface area contributed by atoms with E-state index in [-0.39, 0.29) is 6.04 Å². The van der Waals surface area contributed by atoms with Gasteiger partial charge in [0.15, 0.2) is 0 Å². The normalized spacial score (nSPS) is 24.3. The van der Waals surface area contributed by atoms with Gasteiger partial charge in [-0.2, -0.15) is 0 Å². The highest BCUT2D eigenvalue weighted by molar-refractivity contribution is 7.89. The van der Waals surface area contributed by atoms with Gasteiger partial charge in [-0.05, 0) is 62.3 Å². The average molecular weight is 282 g/mol. The Hall–Kier alpha value is -1.07. The summed E-state index contributed by atoms with van der Waals surface area (Å²) in [6.07, 6.45) is 4.03. The van der Waals surface area contributed by atoms with Crippen molar-refractivity contribution < 1.29 is 8.42 Å². The predicted octanol–water partition coefficient (Wildman–Crippen LogP) is 2.43. The summed E-state index contributed by atoms with van der Waals surface area (Å²) < 4.78 is 27.5. The van der Waals surface area contributed by atoms with Crippen LogP contribution in [-0.2, 0) is 10.0 Å². The zero-order valence-electron chi connectivity index (χ0n) is 11.5. The smallest absolute Gasteiger partial charge is 0.241 e. The van der Waals surface area contributed by atoms with Crippen molar-refractivity contribution in [2.45, 2.75) is 50.5 Å². The molecule has 19 heavy (non-hydrogen) atoms. The van der Waals surface area contributed by atoms with Gasteiger partial charge in [-0.25, -0.2) is 13.1 Å². The summed E-state index contributed by atoms with van der Waals surface area (Å²) in [7, 11) is -3.43. The van der Waals surface area contributed by atoms with E-state index >= 15 is 0 Å². The van der Waals surface area contributed by atoms with Crippen LogP contribution in [0.4, 0.5) is 5.69 Å². The minimum atomic E-state index is -3.43. The lowest BCUT2D eigenvalue weighted by atomic mass is 9.88. The lowest BCUT2D eigenvalue weighted by Gasteiger charge is -2.27. The van der Waals surface area contributed by atoms with Gasteiger partial charge in [0, 0.05) is 11.7 Å². The second kappa shape index (κ2) is 5.51. The summed E-state index contributed by atoms with van der Waals surface area (Å²) in [5.41, 5.74) is 6.93. The highest BCUT2D eigenvalue weighted by atomic mass is 32.2. The Morgan fingerprint density at radius 3 is 2.42 bits per heavy atom. The van der Waals surface area contributed by atoms with Gasteiger partial charge >= 0.3 is 0 Å². The topological polar surface area (TPSA) is 72.2 Å². The first kappa shape index (κ1) is 14.3. The third kappa shape index (κ3) is 3.48. The molecule has 1 aliphatic carbocycles. The number of nitrogens with two attached hydrogens (primary N) is 1. The van der Waals surface area contributed by atoms with Gasteiger partial charge in [-0.3, -0.25) is 0 Å². The third-order valence-corrected chi connectivity index (χ3v) is 5.51. The molecule has 0 heterocycles. The van der Waals surface area contributed by atoms with E-state index in [0.717, 1.165) is 25.7 Å². The van der Waals surface area contributed by atoms with Gasteiger partial charge in [-0.1, -0.05) is 6.92 Å². The fraction of sp³-hybridized carbons (Fsp3) is 0.571. The van der Waals surface area contributed by atoms with Crippen molar-refractivity contribution in [2.24, 2.45) is 5.92 Å². The summed E-state index contributed by atoms with van der Waals surface area (Å²) in [5, 5.41) is 0. The molecular weight excluding hydrogens is 260 g/mol. The van der Waals surface area contributed by atoms with E-state index in [9.17, 15) is 8.42 Å². The van der Waals surface area contributed by atoms with E-state index in [1.807, 2.05) is 0 Å². The number of sulfonamides is 1. The summed E-state index contributed by atoms with van der Waals surface area (Å²) in [5.74, 6) is 0.707. The first-order chi connectivity index (χ1) is 8.88. The van der Waals surface area contributed by atoms with Gasteiger partial charge in [0.05, 0.1) is 4.90 Å². The quantitative estimate of drug-likeness (QED) is 0.836. The van der Waals surface area contributed by atoms with Gasteiger partial charge in [-0.15, -0.1) is 0 Å². The molecular formula is C14H22N2O2S. The summed E-state index contributed by atoms with van der Waals surface area (Å²) in [4.78, 5) is 0.334. The molecule has 0 amide bonds. The number of anilines is 1. The number of hydrogen-bond acceptors (Lipinski definition) is 3. The molecule has 106 valence electrons. The number of nitrogens with one attached hydrogen (secondary N) is 1. The van der Waals surface area contributed by atoms with Crippen LogP contribution in [0.1, 0.15) is 38.2 Å². The van der Waals surface area contributed by atoms with E-state index in [1.165, 1.54) is 0 Å². The van der Waals surface area contributed by atoms with Crippen molar-refractivity contribution in [3.63, 3.8) is 0 Å². The number of hydrogen-bond donors (Lipinski definition) is 2. The predicted molar refractivity (Wildman–Crippen MR) is 77.3 cm³/mol. The average Bonchev–Trinajstić information content (AvgIpc) is 2.31. The number of aryl methyl sites for hydroxylation is 1. The van der Waals surface area contributed by atoms with Crippen molar-refractivity contribution in [1.82, 2.24) is 4.72 Å². The van der Waals surface area contributed by atoms with Gasteiger partial charge < -0.3 is 5.73 Å². The maximum atomic E-state index is 12.4. The van der Waals surface area contributed by atoms with Crippen LogP contribution in [0.15, 0.2) is 23.1 Å². The fourth-order valence-corrected chi connectivity index (χ4v) is 4.17. The maximum Gasteiger partial charge on any atom is 0.241 e. The molecule has 0 atom stereocenters. The van der Waals surface area contributed by atoms with Crippen molar-refractivity contribution in [3.8, 4) is 0 Å². The summed E-state index contributed by atoms with van der Waals surface area (Å²) >= 11 is 0. The number of rotatable bonds is 3. The zero-order chi connectivity index (χ0) is 14.0.